The zero-order chi connectivity index (χ0) is 14.9. The van der Waals surface area contributed by atoms with Crippen LogP contribution in [0.25, 0.3) is 0 Å². The van der Waals surface area contributed by atoms with E-state index >= 15 is 0 Å². The standard InChI is InChI=1S/C15H22FN3O/c1-9-8-19(3)10(2)6-13(9)18-14-7-11(15(17)20)4-5-12(14)16/h4-5,7,9-10,13,18H,6,8H2,1-3H3,(H2,17,20). The summed E-state index contributed by atoms with van der Waals surface area (Å²) >= 11 is 0. The lowest BCUT2D eigenvalue weighted by Gasteiger charge is -2.40. The van der Waals surface area contributed by atoms with Crippen LogP contribution in [0.15, 0.2) is 18.2 Å². The average Bonchev–Trinajstić information content (AvgIpc) is 2.38. The van der Waals surface area contributed by atoms with Gasteiger partial charge >= 0.3 is 0 Å². The Morgan fingerprint density at radius 2 is 2.15 bits per heavy atom. The summed E-state index contributed by atoms with van der Waals surface area (Å²) in [5, 5.41) is 3.24. The van der Waals surface area contributed by atoms with Crippen LogP contribution in [0, 0.1) is 11.7 Å². The van der Waals surface area contributed by atoms with Crippen molar-refractivity contribution in [3.63, 3.8) is 0 Å². The second-order valence-corrected chi connectivity index (χ2v) is 5.81. The van der Waals surface area contributed by atoms with Crippen molar-refractivity contribution in [1.29, 1.82) is 0 Å². The van der Waals surface area contributed by atoms with Gasteiger partial charge in [0.1, 0.15) is 5.82 Å². The minimum absolute atomic E-state index is 0.193. The maximum absolute atomic E-state index is 13.9. The lowest BCUT2D eigenvalue weighted by atomic mass is 9.89. The number of hydrogen-bond acceptors (Lipinski definition) is 3. The number of carbonyl (C=O) groups excluding carboxylic acids is 1. The molecule has 0 spiro atoms. The number of rotatable bonds is 3. The van der Waals surface area contributed by atoms with Crippen LogP contribution in [-0.2, 0) is 0 Å². The van der Waals surface area contributed by atoms with Gasteiger partial charge in [0.15, 0.2) is 0 Å². The zero-order valence-corrected chi connectivity index (χ0v) is 12.2. The number of benzene rings is 1. The van der Waals surface area contributed by atoms with E-state index in [1.807, 2.05) is 0 Å². The highest BCUT2D eigenvalue weighted by atomic mass is 19.1. The Kier molecular flexibility index (Phi) is 4.28. The molecule has 4 nitrogen and oxygen atoms in total. The molecule has 1 fully saturated rings. The monoisotopic (exact) mass is 279 g/mol. The van der Waals surface area contributed by atoms with E-state index in [2.05, 4.69) is 31.1 Å². The van der Waals surface area contributed by atoms with Crippen LogP contribution in [0.1, 0.15) is 30.6 Å². The highest BCUT2D eigenvalue weighted by Crippen LogP contribution is 2.26. The summed E-state index contributed by atoms with van der Waals surface area (Å²) in [6.45, 7) is 5.28. The molecule has 5 heteroatoms. The fourth-order valence-electron chi connectivity index (χ4n) is 2.73. The van der Waals surface area contributed by atoms with Gasteiger partial charge in [0.05, 0.1) is 5.69 Å². The van der Waals surface area contributed by atoms with Gasteiger partial charge < -0.3 is 16.0 Å². The summed E-state index contributed by atoms with van der Waals surface area (Å²) in [5.74, 6) is -0.487. The molecule has 1 aliphatic heterocycles. The molecule has 110 valence electrons. The highest BCUT2D eigenvalue weighted by Gasteiger charge is 2.29. The van der Waals surface area contributed by atoms with Gasteiger partial charge in [-0.3, -0.25) is 4.79 Å². The van der Waals surface area contributed by atoms with Crippen LogP contribution in [0.4, 0.5) is 10.1 Å². The second kappa shape index (κ2) is 5.79. The van der Waals surface area contributed by atoms with E-state index < -0.39 is 5.91 Å². The summed E-state index contributed by atoms with van der Waals surface area (Å²) in [6.07, 6.45) is 0.942. The number of nitrogens with one attached hydrogen (secondary N) is 1. The number of halogens is 1. The molecule has 0 bridgehead atoms. The Morgan fingerprint density at radius 3 is 2.80 bits per heavy atom. The molecule has 0 aliphatic carbocycles. The first-order chi connectivity index (χ1) is 9.38. The highest BCUT2D eigenvalue weighted by molar-refractivity contribution is 5.93. The maximum Gasteiger partial charge on any atom is 0.248 e. The number of piperidine rings is 1. The van der Waals surface area contributed by atoms with Crippen LogP contribution >= 0.6 is 0 Å². The number of carbonyl (C=O) groups is 1. The number of primary amides is 1. The minimum atomic E-state index is -0.544. The molecular formula is C15H22FN3O. The quantitative estimate of drug-likeness (QED) is 0.890. The van der Waals surface area contributed by atoms with E-state index in [9.17, 15) is 9.18 Å². The Balaban J connectivity index is 2.17. The van der Waals surface area contributed by atoms with Gasteiger partial charge in [0.25, 0.3) is 0 Å². The molecule has 0 radical (unpaired) electrons. The molecule has 2 rings (SSSR count). The Morgan fingerprint density at radius 1 is 1.45 bits per heavy atom. The van der Waals surface area contributed by atoms with Crippen molar-refractivity contribution < 1.29 is 9.18 Å². The fraction of sp³-hybridized carbons (Fsp3) is 0.533. The van der Waals surface area contributed by atoms with E-state index in [1.165, 1.54) is 18.2 Å². The van der Waals surface area contributed by atoms with Gasteiger partial charge in [-0.2, -0.15) is 0 Å². The van der Waals surface area contributed by atoms with Crippen molar-refractivity contribution >= 4 is 11.6 Å². The normalized spacial score (nSPS) is 27.3. The molecule has 3 unspecified atom stereocenters. The van der Waals surface area contributed by atoms with Crippen LogP contribution < -0.4 is 11.1 Å². The molecule has 0 aromatic heterocycles. The smallest absolute Gasteiger partial charge is 0.248 e. The number of likely N-dealkylation sites (tertiary alicyclic amines) is 1. The van der Waals surface area contributed by atoms with Gasteiger partial charge in [-0.15, -0.1) is 0 Å². The zero-order valence-electron chi connectivity index (χ0n) is 12.2. The molecule has 20 heavy (non-hydrogen) atoms. The second-order valence-electron chi connectivity index (χ2n) is 5.81. The molecular weight excluding hydrogens is 257 g/mol. The lowest BCUT2D eigenvalue weighted by molar-refractivity contribution is 0.1000. The minimum Gasteiger partial charge on any atom is -0.380 e. The Bertz CT molecular complexity index is 506. The first-order valence-corrected chi connectivity index (χ1v) is 6.94. The van der Waals surface area contributed by atoms with Crippen LogP contribution in [0.5, 0.6) is 0 Å². The summed E-state index contributed by atoms with van der Waals surface area (Å²) in [4.78, 5) is 13.5. The summed E-state index contributed by atoms with van der Waals surface area (Å²) in [6, 6.07) is 4.83. The first-order valence-electron chi connectivity index (χ1n) is 6.94. The third kappa shape index (κ3) is 3.10. The largest absolute Gasteiger partial charge is 0.380 e. The fourth-order valence-corrected chi connectivity index (χ4v) is 2.73. The van der Waals surface area contributed by atoms with E-state index in [0.717, 1.165) is 13.0 Å². The maximum atomic E-state index is 13.9. The van der Waals surface area contributed by atoms with Gasteiger partial charge in [-0.25, -0.2) is 4.39 Å². The average molecular weight is 279 g/mol. The van der Waals surface area contributed by atoms with E-state index in [-0.39, 0.29) is 11.9 Å². The molecule has 1 aromatic carbocycles. The lowest BCUT2D eigenvalue weighted by Crippen LogP contribution is -2.48. The molecule has 3 atom stereocenters. The number of nitrogens with two attached hydrogens (primary N) is 1. The molecule has 1 amide bonds. The van der Waals surface area contributed by atoms with Crippen molar-refractivity contribution in [1.82, 2.24) is 4.90 Å². The number of anilines is 1. The van der Waals surface area contributed by atoms with Crippen molar-refractivity contribution in [3.05, 3.63) is 29.6 Å². The third-order valence-electron chi connectivity index (χ3n) is 4.20. The summed E-state index contributed by atoms with van der Waals surface area (Å²) < 4.78 is 13.9. The van der Waals surface area contributed by atoms with Gasteiger partial charge in [-0.05, 0) is 44.5 Å². The number of hydrogen-bond donors (Lipinski definition) is 2. The first kappa shape index (κ1) is 14.8. The SMILES string of the molecule is CC1CN(C)C(C)CC1Nc1cc(C(N)=O)ccc1F. The molecule has 1 saturated heterocycles. The predicted octanol–water partition coefficient (Wildman–Crippen LogP) is 2.07. The molecule has 1 aliphatic rings. The van der Waals surface area contributed by atoms with Crippen molar-refractivity contribution in [2.24, 2.45) is 11.7 Å². The topological polar surface area (TPSA) is 58.4 Å². The van der Waals surface area contributed by atoms with Crippen LogP contribution in [-0.4, -0.2) is 36.5 Å². The predicted molar refractivity (Wildman–Crippen MR) is 78.2 cm³/mol. The van der Waals surface area contributed by atoms with Crippen molar-refractivity contribution in [2.45, 2.75) is 32.4 Å². The Labute approximate surface area is 119 Å². The summed E-state index contributed by atoms with van der Waals surface area (Å²) in [5.41, 5.74) is 5.92. The molecule has 0 saturated carbocycles. The van der Waals surface area contributed by atoms with Gasteiger partial charge in [-0.1, -0.05) is 6.92 Å². The van der Waals surface area contributed by atoms with Gasteiger partial charge in [0.2, 0.25) is 5.91 Å². The van der Waals surface area contributed by atoms with Crippen LogP contribution in [0.3, 0.4) is 0 Å². The van der Waals surface area contributed by atoms with Gasteiger partial charge in [0, 0.05) is 24.2 Å². The molecule has 3 N–H and O–H groups in total. The third-order valence-corrected chi connectivity index (χ3v) is 4.20. The molecule has 1 heterocycles. The van der Waals surface area contributed by atoms with Crippen molar-refractivity contribution in [2.75, 3.05) is 18.9 Å². The summed E-state index contributed by atoms with van der Waals surface area (Å²) in [7, 11) is 2.10. The van der Waals surface area contributed by atoms with Crippen molar-refractivity contribution in [3.8, 4) is 0 Å². The number of amides is 1. The van der Waals surface area contributed by atoms with Crippen LogP contribution in [0.2, 0.25) is 0 Å². The van der Waals surface area contributed by atoms with E-state index in [1.54, 1.807) is 0 Å². The van der Waals surface area contributed by atoms with E-state index in [4.69, 9.17) is 5.73 Å². The number of nitrogens with zero attached hydrogens (tertiary/aromatic N) is 1. The van der Waals surface area contributed by atoms with E-state index in [0.29, 0.717) is 23.2 Å². The Hall–Kier alpha value is -1.62. The molecule has 1 aromatic rings.